The minimum Gasteiger partial charge on any atom is -0.493 e. The van der Waals surface area contributed by atoms with Gasteiger partial charge in [0.15, 0.2) is 0 Å². The molecular formula is C19H29NO2. The first-order valence-corrected chi connectivity index (χ1v) is 7.90. The van der Waals surface area contributed by atoms with E-state index in [1.807, 2.05) is 0 Å². The van der Waals surface area contributed by atoms with E-state index in [9.17, 15) is 4.79 Å². The Morgan fingerprint density at radius 3 is 2.55 bits per heavy atom. The van der Waals surface area contributed by atoms with Gasteiger partial charge >= 0.3 is 0 Å². The van der Waals surface area contributed by atoms with Crippen LogP contribution in [0, 0.1) is 13.8 Å². The van der Waals surface area contributed by atoms with Gasteiger partial charge in [0.25, 0.3) is 0 Å². The third kappa shape index (κ3) is 5.55. The molecule has 0 radical (unpaired) electrons. The van der Waals surface area contributed by atoms with Gasteiger partial charge in [-0.15, -0.1) is 0 Å². The molecule has 1 rings (SSSR count). The molecule has 0 bridgehead atoms. The maximum Gasteiger partial charge on any atom is 0.243 e. The predicted molar refractivity (Wildman–Crippen MR) is 92.6 cm³/mol. The average Bonchev–Trinajstić information content (AvgIpc) is 2.42. The molecule has 22 heavy (non-hydrogen) atoms. The van der Waals surface area contributed by atoms with Crippen molar-refractivity contribution in [2.45, 2.75) is 52.9 Å². The third-order valence-electron chi connectivity index (χ3n) is 3.53. The summed E-state index contributed by atoms with van der Waals surface area (Å²) in [4.78, 5) is 11.0. The minimum absolute atomic E-state index is 0.0596. The zero-order valence-electron chi connectivity index (χ0n) is 14.6. The summed E-state index contributed by atoms with van der Waals surface area (Å²) in [6.45, 7) is 15.6. The fourth-order valence-corrected chi connectivity index (χ4v) is 2.39. The van der Waals surface area contributed by atoms with Crippen molar-refractivity contribution < 1.29 is 9.53 Å². The fraction of sp³-hybridized carbons (Fsp3) is 0.526. The number of ether oxygens (including phenoxy) is 1. The molecule has 0 atom stereocenters. The maximum absolute atomic E-state index is 11.0. The quantitative estimate of drug-likeness (QED) is 0.609. The second-order valence-electron chi connectivity index (χ2n) is 6.76. The maximum atomic E-state index is 11.0. The second kappa shape index (κ2) is 8.02. The molecule has 1 N–H and O–H groups in total. The molecule has 0 saturated carbocycles. The van der Waals surface area contributed by atoms with Crippen molar-refractivity contribution in [3.8, 4) is 5.75 Å². The van der Waals surface area contributed by atoms with Crippen molar-refractivity contribution in [2.24, 2.45) is 0 Å². The smallest absolute Gasteiger partial charge is 0.243 e. The first-order chi connectivity index (χ1) is 10.3. The SMILES string of the molecule is C=CC(=O)NCCCCOc1c(C)cc(C)cc1C(C)(C)C. The van der Waals surface area contributed by atoms with Gasteiger partial charge in [0.2, 0.25) is 5.91 Å². The van der Waals surface area contributed by atoms with E-state index in [1.54, 1.807) is 0 Å². The number of rotatable bonds is 7. The van der Waals surface area contributed by atoms with Crippen molar-refractivity contribution in [1.29, 1.82) is 0 Å². The van der Waals surface area contributed by atoms with Crippen LogP contribution in [0.2, 0.25) is 0 Å². The predicted octanol–water partition coefficient (Wildman–Crippen LogP) is 4.06. The first-order valence-electron chi connectivity index (χ1n) is 7.90. The van der Waals surface area contributed by atoms with Crippen molar-refractivity contribution in [3.05, 3.63) is 41.5 Å². The molecule has 0 spiro atoms. The highest BCUT2D eigenvalue weighted by Gasteiger charge is 2.20. The van der Waals surface area contributed by atoms with E-state index in [-0.39, 0.29) is 11.3 Å². The Morgan fingerprint density at radius 1 is 1.27 bits per heavy atom. The van der Waals surface area contributed by atoms with Crippen LogP contribution in [0.15, 0.2) is 24.8 Å². The highest BCUT2D eigenvalue weighted by atomic mass is 16.5. The van der Waals surface area contributed by atoms with E-state index >= 15 is 0 Å². The Balaban J connectivity index is 2.59. The lowest BCUT2D eigenvalue weighted by atomic mass is 9.84. The highest BCUT2D eigenvalue weighted by molar-refractivity contribution is 5.86. The van der Waals surface area contributed by atoms with Gasteiger partial charge in [0.1, 0.15) is 5.75 Å². The van der Waals surface area contributed by atoms with Gasteiger partial charge in [-0.25, -0.2) is 0 Å². The second-order valence-corrected chi connectivity index (χ2v) is 6.76. The van der Waals surface area contributed by atoms with Crippen LogP contribution in [-0.4, -0.2) is 19.1 Å². The van der Waals surface area contributed by atoms with Crippen LogP contribution in [0.1, 0.15) is 50.3 Å². The van der Waals surface area contributed by atoms with Crippen LogP contribution in [0.3, 0.4) is 0 Å². The van der Waals surface area contributed by atoms with E-state index in [1.165, 1.54) is 22.8 Å². The van der Waals surface area contributed by atoms with Crippen LogP contribution in [0.25, 0.3) is 0 Å². The van der Waals surface area contributed by atoms with E-state index in [0.717, 1.165) is 18.6 Å². The number of carbonyl (C=O) groups is 1. The average molecular weight is 303 g/mol. The van der Waals surface area contributed by atoms with Gasteiger partial charge in [-0.3, -0.25) is 4.79 Å². The van der Waals surface area contributed by atoms with Crippen molar-refractivity contribution >= 4 is 5.91 Å². The molecule has 1 aromatic carbocycles. The molecule has 0 aliphatic carbocycles. The highest BCUT2D eigenvalue weighted by Crippen LogP contribution is 2.35. The molecule has 122 valence electrons. The van der Waals surface area contributed by atoms with Gasteiger partial charge in [-0.05, 0) is 43.7 Å². The third-order valence-corrected chi connectivity index (χ3v) is 3.53. The lowest BCUT2D eigenvalue weighted by Gasteiger charge is -2.25. The molecule has 0 saturated heterocycles. The van der Waals surface area contributed by atoms with Gasteiger partial charge < -0.3 is 10.1 Å². The summed E-state index contributed by atoms with van der Waals surface area (Å²) in [5, 5.41) is 2.77. The summed E-state index contributed by atoms with van der Waals surface area (Å²) in [7, 11) is 0. The molecular weight excluding hydrogens is 274 g/mol. The number of hydrogen-bond donors (Lipinski definition) is 1. The van der Waals surface area contributed by atoms with Crippen LogP contribution in [0.4, 0.5) is 0 Å². The topological polar surface area (TPSA) is 38.3 Å². The number of hydrogen-bond acceptors (Lipinski definition) is 2. The van der Waals surface area contributed by atoms with E-state index in [0.29, 0.717) is 13.2 Å². The van der Waals surface area contributed by atoms with E-state index < -0.39 is 0 Å². The Kier molecular flexibility index (Phi) is 6.66. The summed E-state index contributed by atoms with van der Waals surface area (Å²) in [6.07, 6.45) is 3.10. The standard InChI is InChI=1S/C19H29NO2/c1-7-17(21)20-10-8-9-11-22-18-15(3)12-14(2)13-16(18)19(4,5)6/h7,12-13H,1,8-11H2,2-6H3,(H,20,21). The van der Waals surface area contributed by atoms with E-state index in [4.69, 9.17) is 4.74 Å². The summed E-state index contributed by atoms with van der Waals surface area (Å²) < 4.78 is 6.05. The Labute approximate surface area is 134 Å². The Morgan fingerprint density at radius 2 is 1.95 bits per heavy atom. The molecule has 0 aromatic heterocycles. The van der Waals surface area contributed by atoms with Crippen molar-refractivity contribution in [2.75, 3.05) is 13.2 Å². The number of carbonyl (C=O) groups excluding carboxylic acids is 1. The van der Waals surface area contributed by atoms with Crippen LogP contribution in [-0.2, 0) is 10.2 Å². The minimum atomic E-state index is -0.120. The van der Waals surface area contributed by atoms with Crippen LogP contribution >= 0.6 is 0 Å². The molecule has 0 aliphatic rings. The molecule has 0 heterocycles. The lowest BCUT2D eigenvalue weighted by Crippen LogP contribution is -2.22. The molecule has 1 aromatic rings. The molecule has 1 amide bonds. The Hall–Kier alpha value is -1.77. The molecule has 3 heteroatoms. The van der Waals surface area contributed by atoms with Gasteiger partial charge in [-0.1, -0.05) is 45.0 Å². The number of benzene rings is 1. The van der Waals surface area contributed by atoms with Crippen molar-refractivity contribution in [1.82, 2.24) is 5.32 Å². The first kappa shape index (κ1) is 18.3. The molecule has 0 fully saturated rings. The monoisotopic (exact) mass is 303 g/mol. The number of aryl methyl sites for hydroxylation is 2. The summed E-state index contributed by atoms with van der Waals surface area (Å²) in [5.74, 6) is 0.888. The normalized spacial score (nSPS) is 11.1. The van der Waals surface area contributed by atoms with E-state index in [2.05, 4.69) is 58.6 Å². The zero-order valence-corrected chi connectivity index (χ0v) is 14.6. The van der Waals surface area contributed by atoms with Crippen molar-refractivity contribution in [3.63, 3.8) is 0 Å². The van der Waals surface area contributed by atoms with Gasteiger partial charge in [0.05, 0.1) is 6.61 Å². The lowest BCUT2D eigenvalue weighted by molar-refractivity contribution is -0.116. The Bertz CT molecular complexity index is 527. The summed E-state index contributed by atoms with van der Waals surface area (Å²) >= 11 is 0. The van der Waals surface area contributed by atoms with Gasteiger partial charge in [0, 0.05) is 12.1 Å². The number of nitrogens with one attached hydrogen (secondary N) is 1. The molecule has 0 unspecified atom stereocenters. The largest absolute Gasteiger partial charge is 0.493 e. The molecule has 0 aliphatic heterocycles. The molecule has 3 nitrogen and oxygen atoms in total. The number of amides is 1. The van der Waals surface area contributed by atoms with Gasteiger partial charge in [-0.2, -0.15) is 0 Å². The summed E-state index contributed by atoms with van der Waals surface area (Å²) in [6, 6.07) is 4.38. The summed E-state index contributed by atoms with van der Waals surface area (Å²) in [5.41, 5.74) is 3.76. The fourth-order valence-electron chi connectivity index (χ4n) is 2.39. The van der Waals surface area contributed by atoms with Crippen LogP contribution < -0.4 is 10.1 Å². The number of unbranched alkanes of at least 4 members (excludes halogenated alkanes) is 1. The van der Waals surface area contributed by atoms with Crippen LogP contribution in [0.5, 0.6) is 5.75 Å². The zero-order chi connectivity index (χ0) is 16.8.